The standard InChI is InChI=1S/C12H17N3O5S/c1-8-5-10(14(2)13-8)12(18)15(6-11(16)17)9-3-4-21(19,20)7-9/h5,9H,3-4,6-7H2,1-2H3,(H,16,17). The maximum atomic E-state index is 12.5. The number of carbonyl (C=O) groups excluding carboxylic acids is 1. The molecule has 0 saturated carbocycles. The van der Waals surface area contributed by atoms with Crippen LogP contribution in [0.2, 0.25) is 0 Å². The predicted octanol–water partition coefficient (Wildman–Crippen LogP) is -0.558. The van der Waals surface area contributed by atoms with Gasteiger partial charge in [0.05, 0.1) is 17.2 Å². The van der Waals surface area contributed by atoms with Crippen LogP contribution in [0.5, 0.6) is 0 Å². The third-order valence-corrected chi connectivity index (χ3v) is 5.19. The van der Waals surface area contributed by atoms with Gasteiger partial charge in [-0.3, -0.25) is 14.3 Å². The van der Waals surface area contributed by atoms with Gasteiger partial charge < -0.3 is 10.0 Å². The first-order valence-electron chi connectivity index (χ1n) is 6.43. The number of hydrogen-bond donors (Lipinski definition) is 1. The normalized spacial score (nSPS) is 20.4. The monoisotopic (exact) mass is 315 g/mol. The fourth-order valence-corrected chi connectivity index (χ4v) is 4.22. The third kappa shape index (κ3) is 3.41. The molecule has 1 aromatic rings. The molecule has 0 aliphatic carbocycles. The molecule has 1 saturated heterocycles. The highest BCUT2D eigenvalue weighted by Crippen LogP contribution is 2.20. The zero-order valence-corrected chi connectivity index (χ0v) is 12.6. The van der Waals surface area contributed by atoms with Gasteiger partial charge in [0.15, 0.2) is 9.84 Å². The molecule has 0 bridgehead atoms. The molecular weight excluding hydrogens is 298 g/mol. The lowest BCUT2D eigenvalue weighted by atomic mass is 10.2. The first-order chi connectivity index (χ1) is 9.69. The van der Waals surface area contributed by atoms with Crippen molar-refractivity contribution in [2.24, 2.45) is 7.05 Å². The first kappa shape index (κ1) is 15.5. The molecule has 9 heteroatoms. The van der Waals surface area contributed by atoms with Gasteiger partial charge in [-0.1, -0.05) is 0 Å². The Morgan fingerprint density at radius 3 is 2.62 bits per heavy atom. The fourth-order valence-electron chi connectivity index (χ4n) is 2.49. The van der Waals surface area contributed by atoms with Crippen LogP contribution >= 0.6 is 0 Å². The average molecular weight is 315 g/mol. The SMILES string of the molecule is Cc1cc(C(=O)N(CC(=O)O)C2CCS(=O)(=O)C2)n(C)n1. The summed E-state index contributed by atoms with van der Waals surface area (Å²) in [7, 11) is -1.62. The number of aromatic nitrogens is 2. The highest BCUT2D eigenvalue weighted by atomic mass is 32.2. The molecule has 0 radical (unpaired) electrons. The molecule has 1 aromatic heterocycles. The van der Waals surface area contributed by atoms with Gasteiger partial charge in [-0.25, -0.2) is 8.42 Å². The van der Waals surface area contributed by atoms with E-state index < -0.39 is 34.3 Å². The zero-order valence-electron chi connectivity index (χ0n) is 11.8. The van der Waals surface area contributed by atoms with E-state index in [0.717, 1.165) is 4.90 Å². The molecule has 0 spiro atoms. The molecule has 2 heterocycles. The van der Waals surface area contributed by atoms with Crippen molar-refractivity contribution in [2.75, 3.05) is 18.1 Å². The average Bonchev–Trinajstić information content (AvgIpc) is 2.87. The molecule has 116 valence electrons. The van der Waals surface area contributed by atoms with E-state index in [4.69, 9.17) is 5.11 Å². The Labute approximate surface area is 122 Å². The topological polar surface area (TPSA) is 110 Å². The van der Waals surface area contributed by atoms with Gasteiger partial charge >= 0.3 is 5.97 Å². The highest BCUT2D eigenvalue weighted by Gasteiger charge is 2.36. The van der Waals surface area contributed by atoms with Crippen molar-refractivity contribution in [3.63, 3.8) is 0 Å². The number of nitrogens with zero attached hydrogens (tertiary/aromatic N) is 3. The Balaban J connectivity index is 2.30. The summed E-state index contributed by atoms with van der Waals surface area (Å²) in [6, 6.07) is 0.953. The Morgan fingerprint density at radius 2 is 2.19 bits per heavy atom. The Hall–Kier alpha value is -1.90. The number of carbonyl (C=O) groups is 2. The summed E-state index contributed by atoms with van der Waals surface area (Å²) >= 11 is 0. The van der Waals surface area contributed by atoms with Crippen molar-refractivity contribution >= 4 is 21.7 Å². The van der Waals surface area contributed by atoms with E-state index in [2.05, 4.69) is 5.10 Å². The summed E-state index contributed by atoms with van der Waals surface area (Å²) in [6.07, 6.45) is 0.262. The number of hydrogen-bond acceptors (Lipinski definition) is 5. The molecule has 1 atom stereocenters. The van der Waals surface area contributed by atoms with E-state index in [1.54, 1.807) is 20.0 Å². The molecule has 8 nitrogen and oxygen atoms in total. The lowest BCUT2D eigenvalue weighted by Gasteiger charge is -2.26. The molecule has 1 N–H and O–H groups in total. The number of aryl methyl sites for hydroxylation is 2. The number of aliphatic carboxylic acids is 1. The second kappa shape index (κ2) is 5.47. The summed E-state index contributed by atoms with van der Waals surface area (Å²) in [5, 5.41) is 13.0. The van der Waals surface area contributed by atoms with Gasteiger partial charge in [0, 0.05) is 13.1 Å². The van der Waals surface area contributed by atoms with Crippen molar-refractivity contribution in [1.29, 1.82) is 0 Å². The number of amides is 1. The maximum Gasteiger partial charge on any atom is 0.323 e. The molecule has 1 aliphatic rings. The molecule has 1 fully saturated rings. The van der Waals surface area contributed by atoms with Crippen LogP contribution < -0.4 is 0 Å². The lowest BCUT2D eigenvalue weighted by molar-refractivity contribution is -0.138. The second-order valence-electron chi connectivity index (χ2n) is 5.18. The molecule has 1 aliphatic heterocycles. The Morgan fingerprint density at radius 1 is 1.52 bits per heavy atom. The van der Waals surface area contributed by atoms with Gasteiger partial charge in [-0.15, -0.1) is 0 Å². The first-order valence-corrected chi connectivity index (χ1v) is 8.25. The van der Waals surface area contributed by atoms with E-state index in [1.807, 2.05) is 0 Å². The highest BCUT2D eigenvalue weighted by molar-refractivity contribution is 7.91. The number of sulfone groups is 1. The van der Waals surface area contributed by atoms with Crippen LogP contribution in [0, 0.1) is 6.92 Å². The van der Waals surface area contributed by atoms with E-state index in [-0.39, 0.29) is 23.6 Å². The van der Waals surface area contributed by atoms with Gasteiger partial charge in [-0.05, 0) is 19.4 Å². The minimum Gasteiger partial charge on any atom is -0.480 e. The number of carboxylic acids is 1. The number of rotatable bonds is 4. The van der Waals surface area contributed by atoms with Gasteiger partial charge in [0.2, 0.25) is 0 Å². The molecule has 1 unspecified atom stereocenters. The smallest absolute Gasteiger partial charge is 0.323 e. The van der Waals surface area contributed by atoms with Crippen molar-refractivity contribution in [3.8, 4) is 0 Å². The lowest BCUT2D eigenvalue weighted by Crippen LogP contribution is -2.44. The zero-order chi connectivity index (χ0) is 15.8. The van der Waals surface area contributed by atoms with Crippen LogP contribution in [0.1, 0.15) is 22.6 Å². The minimum atomic E-state index is -3.21. The molecule has 21 heavy (non-hydrogen) atoms. The van der Waals surface area contributed by atoms with Crippen LogP contribution in [0.4, 0.5) is 0 Å². The summed E-state index contributed by atoms with van der Waals surface area (Å²) in [5.74, 6) is -1.90. The fraction of sp³-hybridized carbons (Fsp3) is 0.583. The van der Waals surface area contributed by atoms with Crippen molar-refractivity contribution in [1.82, 2.24) is 14.7 Å². The van der Waals surface area contributed by atoms with Crippen LogP contribution in [0.3, 0.4) is 0 Å². The maximum absolute atomic E-state index is 12.5. The van der Waals surface area contributed by atoms with Crippen LogP contribution in [-0.4, -0.2) is 64.2 Å². The molecular formula is C12H17N3O5S. The van der Waals surface area contributed by atoms with Gasteiger partial charge in [0.1, 0.15) is 12.2 Å². The Bertz CT molecular complexity index is 679. The van der Waals surface area contributed by atoms with Crippen molar-refractivity contribution < 1.29 is 23.1 Å². The summed E-state index contributed by atoms with van der Waals surface area (Å²) in [4.78, 5) is 24.6. The van der Waals surface area contributed by atoms with Gasteiger partial charge in [-0.2, -0.15) is 5.10 Å². The molecule has 1 amide bonds. The van der Waals surface area contributed by atoms with E-state index in [1.165, 1.54) is 4.68 Å². The predicted molar refractivity (Wildman–Crippen MR) is 73.7 cm³/mol. The van der Waals surface area contributed by atoms with Crippen molar-refractivity contribution in [3.05, 3.63) is 17.5 Å². The van der Waals surface area contributed by atoms with E-state index in [9.17, 15) is 18.0 Å². The van der Waals surface area contributed by atoms with Crippen LogP contribution in [-0.2, 0) is 21.7 Å². The Kier molecular flexibility index (Phi) is 4.04. The summed E-state index contributed by atoms with van der Waals surface area (Å²) in [5.41, 5.74) is 0.883. The van der Waals surface area contributed by atoms with Crippen LogP contribution in [0.25, 0.3) is 0 Å². The summed E-state index contributed by atoms with van der Waals surface area (Å²) < 4.78 is 24.5. The van der Waals surface area contributed by atoms with E-state index in [0.29, 0.717) is 5.69 Å². The second-order valence-corrected chi connectivity index (χ2v) is 7.41. The quantitative estimate of drug-likeness (QED) is 0.798. The van der Waals surface area contributed by atoms with Gasteiger partial charge in [0.25, 0.3) is 5.91 Å². The molecule has 2 rings (SSSR count). The molecule has 0 aromatic carbocycles. The number of carboxylic acid groups (broad SMARTS) is 1. The summed E-state index contributed by atoms with van der Waals surface area (Å²) in [6.45, 7) is 1.20. The minimum absolute atomic E-state index is 0.0223. The largest absolute Gasteiger partial charge is 0.480 e. The van der Waals surface area contributed by atoms with Crippen LogP contribution in [0.15, 0.2) is 6.07 Å². The van der Waals surface area contributed by atoms with Crippen molar-refractivity contribution in [2.45, 2.75) is 19.4 Å². The third-order valence-electron chi connectivity index (χ3n) is 3.44. The van der Waals surface area contributed by atoms with E-state index >= 15 is 0 Å².